The topological polar surface area (TPSA) is 6.25 Å². The fraction of sp³-hybridized carbons (Fsp3) is 0.258. The van der Waals surface area contributed by atoms with Gasteiger partial charge in [-0.3, -0.25) is 0 Å². The number of anilines is 1. The van der Waals surface area contributed by atoms with Gasteiger partial charge in [-0.1, -0.05) is 50.1 Å². The van der Waals surface area contributed by atoms with E-state index < -0.39 is 0 Å². The van der Waals surface area contributed by atoms with Crippen molar-refractivity contribution >= 4 is 27.9 Å². The summed E-state index contributed by atoms with van der Waals surface area (Å²) in [6.07, 6.45) is 12.4. The maximum atomic E-state index is 5.66. The first-order valence-corrected chi connectivity index (χ1v) is 11.5. The Morgan fingerprint density at radius 3 is 2.48 bits per heavy atom. The van der Waals surface area contributed by atoms with Crippen molar-refractivity contribution in [3.8, 4) is 12.3 Å². The minimum Gasteiger partial charge on any atom is -0.347 e. The SMILES string of the molecule is C#Cc1ccc2c(c1)C(C)(C)/C(=C/C=C/C1=[N+](C)c3ccc4ccccc4c3C1(C)C)N2C. The van der Waals surface area contributed by atoms with Crippen molar-refractivity contribution in [2.45, 2.75) is 38.5 Å². The van der Waals surface area contributed by atoms with Crippen molar-refractivity contribution in [2.75, 3.05) is 19.0 Å². The maximum absolute atomic E-state index is 5.66. The third kappa shape index (κ3) is 3.00. The van der Waals surface area contributed by atoms with E-state index in [4.69, 9.17) is 6.42 Å². The lowest BCUT2D eigenvalue weighted by molar-refractivity contribution is -0.401. The molecule has 2 aliphatic rings. The Morgan fingerprint density at radius 2 is 1.73 bits per heavy atom. The molecule has 0 radical (unpaired) electrons. The number of hydrogen-bond acceptors (Lipinski definition) is 1. The molecular formula is C31H31N2+. The van der Waals surface area contributed by atoms with Crippen LogP contribution in [0.4, 0.5) is 11.4 Å². The zero-order valence-corrected chi connectivity index (χ0v) is 20.4. The summed E-state index contributed by atoms with van der Waals surface area (Å²) in [5.74, 6) is 2.78. The molecule has 5 rings (SSSR count). The molecule has 2 heteroatoms. The van der Waals surface area contributed by atoms with Crippen molar-refractivity contribution in [1.82, 2.24) is 0 Å². The number of hydrogen-bond donors (Lipinski definition) is 0. The first-order chi connectivity index (χ1) is 15.7. The Hall–Kier alpha value is -3.57. The molecule has 0 aromatic heterocycles. The van der Waals surface area contributed by atoms with Crippen molar-refractivity contribution in [3.63, 3.8) is 0 Å². The van der Waals surface area contributed by atoms with Gasteiger partial charge in [0.25, 0.3) is 0 Å². The Kier molecular flexibility index (Phi) is 4.66. The molecular weight excluding hydrogens is 400 g/mol. The number of terminal acetylenes is 1. The van der Waals surface area contributed by atoms with E-state index in [0.29, 0.717) is 0 Å². The van der Waals surface area contributed by atoms with Gasteiger partial charge in [-0.25, -0.2) is 0 Å². The second-order valence-electron chi connectivity index (χ2n) is 10.2. The normalized spacial score (nSPS) is 19.4. The molecule has 0 fully saturated rings. The summed E-state index contributed by atoms with van der Waals surface area (Å²) in [4.78, 5) is 2.29. The van der Waals surface area contributed by atoms with Crippen molar-refractivity contribution < 1.29 is 4.58 Å². The van der Waals surface area contributed by atoms with Gasteiger partial charge in [-0.05, 0) is 60.5 Å². The van der Waals surface area contributed by atoms with Crippen LogP contribution < -0.4 is 4.90 Å². The highest BCUT2D eigenvalue weighted by molar-refractivity contribution is 6.07. The van der Waals surface area contributed by atoms with E-state index in [1.165, 1.54) is 44.7 Å². The van der Waals surface area contributed by atoms with Crippen molar-refractivity contribution in [2.24, 2.45) is 0 Å². The van der Waals surface area contributed by atoms with Crippen LogP contribution in [0.1, 0.15) is 44.4 Å². The molecule has 0 atom stereocenters. The predicted octanol–water partition coefficient (Wildman–Crippen LogP) is 6.69. The lowest BCUT2D eigenvalue weighted by atomic mass is 9.79. The molecule has 0 N–H and O–H groups in total. The molecule has 2 nitrogen and oxygen atoms in total. The number of fused-ring (bicyclic) bond motifs is 4. The molecule has 0 unspecified atom stereocenters. The van der Waals surface area contributed by atoms with Gasteiger partial charge in [0.15, 0.2) is 5.71 Å². The highest BCUT2D eigenvalue weighted by atomic mass is 15.2. The van der Waals surface area contributed by atoms with Crippen LogP contribution in [0.3, 0.4) is 0 Å². The number of likely N-dealkylation sites (N-methyl/N-ethyl adjacent to an activating group) is 1. The van der Waals surface area contributed by atoms with E-state index in [1.54, 1.807) is 0 Å². The monoisotopic (exact) mass is 431 g/mol. The molecule has 0 saturated heterocycles. The average molecular weight is 432 g/mol. The lowest BCUT2D eigenvalue weighted by Crippen LogP contribution is -2.27. The number of rotatable bonds is 2. The Morgan fingerprint density at radius 1 is 0.970 bits per heavy atom. The van der Waals surface area contributed by atoms with Gasteiger partial charge in [-0.15, -0.1) is 6.42 Å². The number of allylic oxidation sites excluding steroid dienone is 4. The molecule has 0 bridgehead atoms. The standard InChI is InChI=1S/C31H31N2/c1-8-21-16-18-25-24(20-21)30(2,3)27(32(25)6)14-11-15-28-31(4,5)29-23-13-10-9-12-22(23)17-19-26(29)33(28)7/h1,9-20H,2-7H3/q+1. The molecule has 3 aromatic carbocycles. The Bertz CT molecular complexity index is 1440. The van der Waals surface area contributed by atoms with Crippen LogP contribution in [0.25, 0.3) is 10.8 Å². The summed E-state index contributed by atoms with van der Waals surface area (Å²) in [6, 6.07) is 19.5. The van der Waals surface area contributed by atoms with E-state index in [9.17, 15) is 0 Å². The first-order valence-electron chi connectivity index (χ1n) is 11.5. The molecule has 2 heterocycles. The van der Waals surface area contributed by atoms with Gasteiger partial charge in [0.1, 0.15) is 7.05 Å². The van der Waals surface area contributed by atoms with E-state index in [-0.39, 0.29) is 10.8 Å². The molecule has 0 aliphatic carbocycles. The number of benzene rings is 3. The van der Waals surface area contributed by atoms with Gasteiger partial charge >= 0.3 is 0 Å². The van der Waals surface area contributed by atoms with Gasteiger partial charge in [0.05, 0.1) is 5.41 Å². The quantitative estimate of drug-likeness (QED) is 0.323. The second kappa shape index (κ2) is 7.22. The molecule has 0 saturated carbocycles. The highest BCUT2D eigenvalue weighted by Gasteiger charge is 2.44. The third-order valence-corrected chi connectivity index (χ3v) is 7.60. The van der Waals surface area contributed by atoms with E-state index in [0.717, 1.165) is 5.56 Å². The molecule has 3 aromatic rings. The molecule has 0 spiro atoms. The summed E-state index contributed by atoms with van der Waals surface area (Å²) in [5, 5.41) is 2.63. The summed E-state index contributed by atoms with van der Waals surface area (Å²) in [5.41, 5.74) is 8.52. The summed E-state index contributed by atoms with van der Waals surface area (Å²) >= 11 is 0. The van der Waals surface area contributed by atoms with Crippen LogP contribution in [0.15, 0.2) is 78.5 Å². The fourth-order valence-electron chi connectivity index (χ4n) is 5.85. The zero-order chi connectivity index (χ0) is 23.5. The van der Waals surface area contributed by atoms with Crippen molar-refractivity contribution in [3.05, 3.63) is 95.2 Å². The molecule has 0 amide bonds. The Balaban J connectivity index is 1.54. The van der Waals surface area contributed by atoms with Gasteiger partial charge in [0.2, 0.25) is 5.69 Å². The van der Waals surface area contributed by atoms with Crippen LogP contribution in [-0.4, -0.2) is 24.4 Å². The average Bonchev–Trinajstić information content (AvgIpc) is 3.12. The van der Waals surface area contributed by atoms with Crippen molar-refractivity contribution in [1.29, 1.82) is 0 Å². The number of nitrogens with zero attached hydrogens (tertiary/aromatic N) is 2. The van der Waals surface area contributed by atoms with Crippen LogP contribution in [0, 0.1) is 12.3 Å². The largest absolute Gasteiger partial charge is 0.347 e. The second-order valence-corrected chi connectivity index (χ2v) is 10.2. The van der Waals surface area contributed by atoms with Crippen LogP contribution in [0.5, 0.6) is 0 Å². The summed E-state index contributed by atoms with van der Waals surface area (Å²) in [6.45, 7) is 9.21. The van der Waals surface area contributed by atoms with Crippen LogP contribution >= 0.6 is 0 Å². The minimum absolute atomic E-state index is 0.0816. The molecule has 2 aliphatic heterocycles. The van der Waals surface area contributed by atoms with E-state index in [1.807, 2.05) is 6.07 Å². The lowest BCUT2D eigenvalue weighted by Gasteiger charge is -2.23. The van der Waals surface area contributed by atoms with E-state index >= 15 is 0 Å². The van der Waals surface area contributed by atoms with Gasteiger partial charge in [0, 0.05) is 47.1 Å². The highest BCUT2D eigenvalue weighted by Crippen LogP contribution is 2.47. The van der Waals surface area contributed by atoms with Gasteiger partial charge < -0.3 is 4.90 Å². The smallest absolute Gasteiger partial charge is 0.210 e. The van der Waals surface area contributed by atoms with Crippen LogP contribution in [-0.2, 0) is 10.8 Å². The predicted molar refractivity (Wildman–Crippen MR) is 141 cm³/mol. The maximum Gasteiger partial charge on any atom is 0.210 e. The molecule has 33 heavy (non-hydrogen) atoms. The zero-order valence-electron chi connectivity index (χ0n) is 20.4. The molecule has 164 valence electrons. The first kappa shape index (κ1) is 21.3. The van der Waals surface area contributed by atoms with E-state index in [2.05, 4.69) is 124 Å². The Labute approximate surface area is 197 Å². The fourth-order valence-corrected chi connectivity index (χ4v) is 5.85. The minimum atomic E-state index is -0.109. The van der Waals surface area contributed by atoms with Gasteiger partial charge in [-0.2, -0.15) is 4.58 Å². The summed E-state index contributed by atoms with van der Waals surface area (Å²) < 4.78 is 2.34. The summed E-state index contributed by atoms with van der Waals surface area (Å²) in [7, 11) is 4.32. The van der Waals surface area contributed by atoms with Crippen LogP contribution in [0.2, 0.25) is 0 Å². The third-order valence-electron chi connectivity index (χ3n) is 7.60.